The fourth-order valence-corrected chi connectivity index (χ4v) is 1.56. The summed E-state index contributed by atoms with van der Waals surface area (Å²) in [5.41, 5.74) is 0.786. The second-order valence-corrected chi connectivity index (χ2v) is 3.80. The number of hydrogen-bond acceptors (Lipinski definition) is 2. The van der Waals surface area contributed by atoms with Crippen molar-refractivity contribution in [2.75, 3.05) is 7.11 Å². The Labute approximate surface area is 79.3 Å². The van der Waals surface area contributed by atoms with Crippen molar-refractivity contribution in [3.63, 3.8) is 0 Å². The van der Waals surface area contributed by atoms with Crippen molar-refractivity contribution in [1.29, 1.82) is 0 Å². The zero-order chi connectivity index (χ0) is 10.2. The Morgan fingerprint density at radius 1 is 1.62 bits per heavy atom. The highest BCUT2D eigenvalue weighted by atomic mass is 16.5. The Morgan fingerprint density at radius 3 is 2.38 bits per heavy atom. The van der Waals surface area contributed by atoms with Crippen LogP contribution >= 0.6 is 0 Å². The molecule has 1 aliphatic carbocycles. The normalized spacial score (nSPS) is 27.2. The van der Waals surface area contributed by atoms with Gasteiger partial charge in [0.15, 0.2) is 11.4 Å². The third-order valence-corrected chi connectivity index (χ3v) is 2.54. The Bertz CT molecular complexity index is 286. The molecule has 0 radical (unpaired) electrons. The minimum atomic E-state index is -0.820. The Hall–Kier alpha value is -0.890. The summed E-state index contributed by atoms with van der Waals surface area (Å²) in [6.07, 6.45) is 1.88. The largest absolute Gasteiger partial charge is 0.362 e. The molecule has 0 aliphatic heterocycles. The lowest BCUT2D eigenvalue weighted by Crippen LogP contribution is -2.49. The average molecular weight is 180 g/mol. The predicted molar refractivity (Wildman–Crippen MR) is 52.5 cm³/mol. The van der Waals surface area contributed by atoms with E-state index in [2.05, 4.69) is 6.58 Å². The molecule has 0 spiro atoms. The highest BCUT2D eigenvalue weighted by Crippen LogP contribution is 2.38. The first-order valence-electron chi connectivity index (χ1n) is 4.44. The van der Waals surface area contributed by atoms with Gasteiger partial charge < -0.3 is 4.74 Å². The first kappa shape index (κ1) is 10.2. The number of Topliss-reactive ketones (excluding diaryl/α,β-unsaturated/α-hetero) is 1. The molecule has 1 aliphatic rings. The van der Waals surface area contributed by atoms with Gasteiger partial charge in [-0.2, -0.15) is 0 Å². The van der Waals surface area contributed by atoms with Gasteiger partial charge in [0, 0.05) is 12.7 Å². The quantitative estimate of drug-likeness (QED) is 0.622. The Morgan fingerprint density at radius 2 is 2.15 bits per heavy atom. The van der Waals surface area contributed by atoms with E-state index in [9.17, 15) is 4.79 Å². The number of carbonyl (C=O) groups excluding carboxylic acids is 1. The summed E-state index contributed by atoms with van der Waals surface area (Å²) in [5, 5.41) is 0. The summed E-state index contributed by atoms with van der Waals surface area (Å²) in [5.74, 6) is 0.340. The monoisotopic (exact) mass is 180 g/mol. The lowest BCUT2D eigenvalue weighted by Gasteiger charge is -2.38. The van der Waals surface area contributed by atoms with E-state index < -0.39 is 5.60 Å². The number of carbonyl (C=O) groups is 1. The van der Waals surface area contributed by atoms with Crippen molar-refractivity contribution in [3.05, 3.63) is 23.8 Å². The predicted octanol–water partition coefficient (Wildman–Crippen LogP) is 2.11. The summed E-state index contributed by atoms with van der Waals surface area (Å²) in [4.78, 5) is 11.7. The second kappa shape index (κ2) is 3.11. The SMILES string of the molecule is C=C(C)C1(OC)C=C(C(C)C)C1=O. The first-order chi connectivity index (χ1) is 5.95. The van der Waals surface area contributed by atoms with Crippen LogP contribution in [0.2, 0.25) is 0 Å². The molecule has 0 aromatic carbocycles. The standard InChI is InChI=1S/C11H16O2/c1-7(2)9-6-11(13-5,8(3)4)10(9)12/h6-7H,3H2,1-2,4-5H3. The molecule has 0 heterocycles. The van der Waals surface area contributed by atoms with Gasteiger partial charge in [-0.1, -0.05) is 20.4 Å². The third kappa shape index (κ3) is 1.25. The maximum absolute atomic E-state index is 11.7. The molecular weight excluding hydrogens is 164 g/mol. The van der Waals surface area contributed by atoms with Crippen LogP contribution in [0.15, 0.2) is 23.8 Å². The van der Waals surface area contributed by atoms with E-state index in [4.69, 9.17) is 4.74 Å². The molecule has 0 fully saturated rings. The smallest absolute Gasteiger partial charge is 0.198 e. The van der Waals surface area contributed by atoms with Gasteiger partial charge in [-0.05, 0) is 24.5 Å². The fraction of sp³-hybridized carbons (Fsp3) is 0.545. The second-order valence-electron chi connectivity index (χ2n) is 3.80. The maximum Gasteiger partial charge on any atom is 0.198 e. The highest BCUT2D eigenvalue weighted by molar-refractivity contribution is 6.12. The van der Waals surface area contributed by atoms with Crippen LogP contribution < -0.4 is 0 Å². The zero-order valence-electron chi connectivity index (χ0n) is 8.68. The lowest BCUT2D eigenvalue weighted by molar-refractivity contribution is -0.132. The number of rotatable bonds is 3. The number of ether oxygens (including phenoxy) is 1. The highest BCUT2D eigenvalue weighted by Gasteiger charge is 2.47. The summed E-state index contributed by atoms with van der Waals surface area (Å²) in [7, 11) is 1.54. The summed E-state index contributed by atoms with van der Waals surface area (Å²) >= 11 is 0. The Kier molecular flexibility index (Phi) is 2.44. The lowest BCUT2D eigenvalue weighted by atomic mass is 9.72. The van der Waals surface area contributed by atoms with Gasteiger partial charge in [-0.15, -0.1) is 0 Å². The molecule has 1 rings (SSSR count). The molecule has 0 bridgehead atoms. The van der Waals surface area contributed by atoms with E-state index in [0.29, 0.717) is 0 Å². The summed E-state index contributed by atoms with van der Waals surface area (Å²) in [6, 6.07) is 0. The van der Waals surface area contributed by atoms with Gasteiger partial charge in [-0.3, -0.25) is 4.79 Å². The average Bonchev–Trinajstić information content (AvgIpc) is 2.02. The summed E-state index contributed by atoms with van der Waals surface area (Å²) in [6.45, 7) is 9.59. The maximum atomic E-state index is 11.7. The molecule has 0 amide bonds. The van der Waals surface area contributed by atoms with E-state index in [1.807, 2.05) is 26.8 Å². The van der Waals surface area contributed by atoms with E-state index >= 15 is 0 Å². The van der Waals surface area contributed by atoms with Gasteiger partial charge in [-0.25, -0.2) is 0 Å². The molecule has 1 unspecified atom stereocenters. The third-order valence-electron chi connectivity index (χ3n) is 2.54. The molecular formula is C11H16O2. The van der Waals surface area contributed by atoms with Crippen molar-refractivity contribution < 1.29 is 9.53 Å². The van der Waals surface area contributed by atoms with Gasteiger partial charge in [0.1, 0.15) is 0 Å². The number of methoxy groups -OCH3 is 1. The molecule has 0 aromatic rings. The van der Waals surface area contributed by atoms with Crippen LogP contribution in [-0.2, 0) is 9.53 Å². The fourth-order valence-electron chi connectivity index (χ4n) is 1.56. The van der Waals surface area contributed by atoms with Gasteiger partial charge in [0.05, 0.1) is 0 Å². The molecule has 2 heteroatoms. The van der Waals surface area contributed by atoms with Gasteiger partial charge in [0.2, 0.25) is 0 Å². The molecule has 13 heavy (non-hydrogen) atoms. The van der Waals surface area contributed by atoms with Gasteiger partial charge in [0.25, 0.3) is 0 Å². The van der Waals surface area contributed by atoms with Crippen LogP contribution in [0, 0.1) is 5.92 Å². The van der Waals surface area contributed by atoms with Crippen molar-refractivity contribution in [3.8, 4) is 0 Å². The van der Waals surface area contributed by atoms with Crippen molar-refractivity contribution in [2.24, 2.45) is 5.92 Å². The molecule has 0 saturated heterocycles. The molecule has 0 aromatic heterocycles. The van der Waals surface area contributed by atoms with Crippen molar-refractivity contribution in [1.82, 2.24) is 0 Å². The topological polar surface area (TPSA) is 26.3 Å². The minimum absolute atomic E-state index is 0.0671. The molecule has 2 nitrogen and oxygen atoms in total. The van der Waals surface area contributed by atoms with Crippen LogP contribution in [0.5, 0.6) is 0 Å². The van der Waals surface area contributed by atoms with E-state index in [-0.39, 0.29) is 11.7 Å². The van der Waals surface area contributed by atoms with E-state index in [0.717, 1.165) is 11.1 Å². The van der Waals surface area contributed by atoms with Crippen molar-refractivity contribution >= 4 is 5.78 Å². The van der Waals surface area contributed by atoms with Crippen LogP contribution in [0.25, 0.3) is 0 Å². The minimum Gasteiger partial charge on any atom is -0.362 e. The Balaban J connectivity index is 3.01. The summed E-state index contributed by atoms with van der Waals surface area (Å²) < 4.78 is 5.20. The van der Waals surface area contributed by atoms with Crippen LogP contribution in [-0.4, -0.2) is 18.5 Å². The zero-order valence-corrected chi connectivity index (χ0v) is 8.68. The number of hydrogen-bond donors (Lipinski definition) is 0. The van der Waals surface area contributed by atoms with E-state index in [1.54, 1.807) is 7.11 Å². The van der Waals surface area contributed by atoms with Crippen LogP contribution in [0.4, 0.5) is 0 Å². The first-order valence-corrected chi connectivity index (χ1v) is 4.44. The molecule has 1 atom stereocenters. The molecule has 0 N–H and O–H groups in total. The molecule has 0 saturated carbocycles. The van der Waals surface area contributed by atoms with Crippen LogP contribution in [0.1, 0.15) is 20.8 Å². The van der Waals surface area contributed by atoms with E-state index in [1.165, 1.54) is 0 Å². The van der Waals surface area contributed by atoms with Gasteiger partial charge >= 0.3 is 0 Å². The molecule has 72 valence electrons. The van der Waals surface area contributed by atoms with Crippen molar-refractivity contribution in [2.45, 2.75) is 26.4 Å². The van der Waals surface area contributed by atoms with Crippen LogP contribution in [0.3, 0.4) is 0 Å². The number of ketones is 1.